The normalized spacial score (nSPS) is 20.1. The fourth-order valence-electron chi connectivity index (χ4n) is 2.44. The molecule has 1 aromatic carbocycles. The van der Waals surface area contributed by atoms with Crippen molar-refractivity contribution >= 4 is 17.0 Å². The molecule has 1 aromatic heterocycles. The van der Waals surface area contributed by atoms with Crippen LogP contribution in [-0.4, -0.2) is 34.1 Å². The van der Waals surface area contributed by atoms with E-state index in [1.165, 1.54) is 0 Å². The number of carbonyl (C=O) groups is 1. The standard InChI is InChI=1S/C13H15N3O2/c17-13(18)8-3-4-10-11(6-8)16-12(15-10)9-2-1-5-14-7-9/h3-4,6,9,14H,1-2,5,7H2,(H,15,16)(H,17,18). The van der Waals surface area contributed by atoms with Gasteiger partial charge in [-0.1, -0.05) is 0 Å². The molecule has 94 valence electrons. The van der Waals surface area contributed by atoms with Crippen molar-refractivity contribution in [2.45, 2.75) is 18.8 Å². The molecule has 1 fully saturated rings. The summed E-state index contributed by atoms with van der Waals surface area (Å²) in [4.78, 5) is 18.7. The highest BCUT2D eigenvalue weighted by molar-refractivity contribution is 5.92. The molecule has 0 amide bonds. The van der Waals surface area contributed by atoms with E-state index < -0.39 is 5.97 Å². The Morgan fingerprint density at radius 2 is 2.33 bits per heavy atom. The highest BCUT2D eigenvalue weighted by Crippen LogP contribution is 2.23. The van der Waals surface area contributed by atoms with E-state index in [-0.39, 0.29) is 0 Å². The third-order valence-corrected chi connectivity index (χ3v) is 3.43. The number of H-pyrrole nitrogens is 1. The number of rotatable bonds is 2. The number of hydrogen-bond acceptors (Lipinski definition) is 3. The number of nitrogens with zero attached hydrogens (tertiary/aromatic N) is 1. The van der Waals surface area contributed by atoms with Crippen LogP contribution in [-0.2, 0) is 0 Å². The van der Waals surface area contributed by atoms with E-state index in [2.05, 4.69) is 15.3 Å². The monoisotopic (exact) mass is 245 g/mol. The van der Waals surface area contributed by atoms with Crippen molar-refractivity contribution in [3.63, 3.8) is 0 Å². The second-order valence-corrected chi connectivity index (χ2v) is 4.70. The smallest absolute Gasteiger partial charge is 0.335 e. The van der Waals surface area contributed by atoms with Gasteiger partial charge in [-0.25, -0.2) is 9.78 Å². The summed E-state index contributed by atoms with van der Waals surface area (Å²) in [6, 6.07) is 4.99. The Hall–Kier alpha value is -1.88. The van der Waals surface area contributed by atoms with Crippen molar-refractivity contribution in [2.24, 2.45) is 0 Å². The highest BCUT2D eigenvalue weighted by Gasteiger charge is 2.18. The van der Waals surface area contributed by atoms with Gasteiger partial charge in [0.25, 0.3) is 0 Å². The molecular weight excluding hydrogens is 230 g/mol. The van der Waals surface area contributed by atoms with Gasteiger partial charge in [0.2, 0.25) is 0 Å². The number of benzene rings is 1. The Balaban J connectivity index is 1.97. The van der Waals surface area contributed by atoms with Crippen molar-refractivity contribution in [1.29, 1.82) is 0 Å². The zero-order chi connectivity index (χ0) is 12.5. The van der Waals surface area contributed by atoms with Gasteiger partial charge in [0.05, 0.1) is 16.6 Å². The SMILES string of the molecule is O=C(O)c1ccc2nc(C3CCCNC3)[nH]c2c1. The number of aromatic carboxylic acids is 1. The number of piperidine rings is 1. The Morgan fingerprint density at radius 1 is 1.44 bits per heavy atom. The lowest BCUT2D eigenvalue weighted by Gasteiger charge is -2.20. The number of aromatic nitrogens is 2. The number of hydrogen-bond donors (Lipinski definition) is 3. The van der Waals surface area contributed by atoms with Gasteiger partial charge in [-0.05, 0) is 37.6 Å². The van der Waals surface area contributed by atoms with Crippen molar-refractivity contribution in [3.05, 3.63) is 29.6 Å². The quantitative estimate of drug-likeness (QED) is 0.753. The largest absolute Gasteiger partial charge is 0.478 e. The van der Waals surface area contributed by atoms with Crippen LogP contribution in [0.25, 0.3) is 11.0 Å². The molecule has 1 unspecified atom stereocenters. The zero-order valence-electron chi connectivity index (χ0n) is 9.94. The fourth-order valence-corrected chi connectivity index (χ4v) is 2.44. The maximum absolute atomic E-state index is 10.9. The predicted octanol–water partition coefficient (Wildman–Crippen LogP) is 1.73. The third-order valence-electron chi connectivity index (χ3n) is 3.43. The van der Waals surface area contributed by atoms with E-state index in [1.54, 1.807) is 18.2 Å². The van der Waals surface area contributed by atoms with Gasteiger partial charge in [0, 0.05) is 12.5 Å². The molecule has 0 saturated carbocycles. The second-order valence-electron chi connectivity index (χ2n) is 4.70. The van der Waals surface area contributed by atoms with Crippen molar-refractivity contribution < 1.29 is 9.90 Å². The molecule has 2 heterocycles. The van der Waals surface area contributed by atoms with Gasteiger partial charge >= 0.3 is 5.97 Å². The number of carboxylic acids is 1. The van der Waals surface area contributed by atoms with Gasteiger partial charge in [-0.15, -0.1) is 0 Å². The minimum absolute atomic E-state index is 0.291. The first-order chi connectivity index (χ1) is 8.74. The molecule has 0 spiro atoms. The van der Waals surface area contributed by atoms with Crippen LogP contribution in [0.5, 0.6) is 0 Å². The van der Waals surface area contributed by atoms with E-state index in [9.17, 15) is 4.79 Å². The Bertz CT molecular complexity index is 585. The first-order valence-corrected chi connectivity index (χ1v) is 6.18. The van der Waals surface area contributed by atoms with Gasteiger partial charge in [0.1, 0.15) is 5.82 Å². The van der Waals surface area contributed by atoms with E-state index in [1.807, 2.05) is 0 Å². The summed E-state index contributed by atoms with van der Waals surface area (Å²) in [5.41, 5.74) is 1.93. The summed E-state index contributed by atoms with van der Waals surface area (Å²) in [6.07, 6.45) is 2.28. The molecule has 0 aliphatic carbocycles. The minimum atomic E-state index is -0.910. The molecule has 5 nitrogen and oxygen atoms in total. The van der Waals surface area contributed by atoms with E-state index in [0.29, 0.717) is 11.5 Å². The fraction of sp³-hybridized carbons (Fsp3) is 0.385. The van der Waals surface area contributed by atoms with E-state index in [4.69, 9.17) is 5.11 Å². The molecule has 1 atom stereocenters. The molecule has 1 aliphatic rings. The van der Waals surface area contributed by atoms with Crippen LogP contribution in [0.15, 0.2) is 18.2 Å². The first kappa shape index (κ1) is 11.2. The lowest BCUT2D eigenvalue weighted by atomic mass is 9.99. The minimum Gasteiger partial charge on any atom is -0.478 e. The van der Waals surface area contributed by atoms with Crippen LogP contribution < -0.4 is 5.32 Å². The first-order valence-electron chi connectivity index (χ1n) is 6.18. The summed E-state index contributed by atoms with van der Waals surface area (Å²) in [7, 11) is 0. The summed E-state index contributed by atoms with van der Waals surface area (Å²) in [6.45, 7) is 2.01. The Morgan fingerprint density at radius 3 is 3.06 bits per heavy atom. The number of imidazole rings is 1. The summed E-state index contributed by atoms with van der Waals surface area (Å²) < 4.78 is 0. The number of carboxylic acid groups (broad SMARTS) is 1. The molecule has 1 aliphatic heterocycles. The third kappa shape index (κ3) is 1.97. The molecule has 0 radical (unpaired) electrons. The van der Waals surface area contributed by atoms with Crippen molar-refractivity contribution in [2.75, 3.05) is 13.1 Å². The molecular formula is C13H15N3O2. The summed E-state index contributed by atoms with van der Waals surface area (Å²) in [5, 5.41) is 12.3. The Labute approximate surface area is 104 Å². The average molecular weight is 245 g/mol. The molecule has 2 aromatic rings. The lowest BCUT2D eigenvalue weighted by Crippen LogP contribution is -2.28. The van der Waals surface area contributed by atoms with Gasteiger partial charge in [-0.3, -0.25) is 0 Å². The van der Waals surface area contributed by atoms with Crippen LogP contribution in [0.3, 0.4) is 0 Å². The zero-order valence-corrected chi connectivity index (χ0v) is 9.94. The van der Waals surface area contributed by atoms with Crippen molar-refractivity contribution in [1.82, 2.24) is 15.3 Å². The predicted molar refractivity (Wildman–Crippen MR) is 67.9 cm³/mol. The second kappa shape index (κ2) is 4.42. The molecule has 18 heavy (non-hydrogen) atoms. The van der Waals surface area contributed by atoms with E-state index >= 15 is 0 Å². The van der Waals surface area contributed by atoms with Crippen LogP contribution >= 0.6 is 0 Å². The molecule has 1 saturated heterocycles. The van der Waals surface area contributed by atoms with Crippen molar-refractivity contribution in [3.8, 4) is 0 Å². The number of aromatic amines is 1. The number of fused-ring (bicyclic) bond motifs is 1. The van der Waals surface area contributed by atoms with Crippen LogP contribution in [0.4, 0.5) is 0 Å². The molecule has 0 bridgehead atoms. The van der Waals surface area contributed by atoms with Crippen LogP contribution in [0, 0.1) is 0 Å². The molecule has 5 heteroatoms. The van der Waals surface area contributed by atoms with E-state index in [0.717, 1.165) is 42.8 Å². The topological polar surface area (TPSA) is 78.0 Å². The summed E-state index contributed by atoms with van der Waals surface area (Å²) >= 11 is 0. The summed E-state index contributed by atoms with van der Waals surface area (Å²) in [5.74, 6) is 0.451. The highest BCUT2D eigenvalue weighted by atomic mass is 16.4. The Kier molecular flexibility index (Phi) is 2.76. The van der Waals surface area contributed by atoms with Gasteiger partial charge in [-0.2, -0.15) is 0 Å². The van der Waals surface area contributed by atoms with Gasteiger partial charge < -0.3 is 15.4 Å². The maximum Gasteiger partial charge on any atom is 0.335 e. The molecule has 3 rings (SSSR count). The average Bonchev–Trinajstić information content (AvgIpc) is 2.82. The molecule has 3 N–H and O–H groups in total. The number of nitrogens with one attached hydrogen (secondary N) is 2. The maximum atomic E-state index is 10.9. The lowest BCUT2D eigenvalue weighted by molar-refractivity contribution is 0.0697. The van der Waals surface area contributed by atoms with Gasteiger partial charge in [0.15, 0.2) is 0 Å². The van der Waals surface area contributed by atoms with Crippen LogP contribution in [0.2, 0.25) is 0 Å². The van der Waals surface area contributed by atoms with Crippen LogP contribution in [0.1, 0.15) is 34.9 Å².